The maximum Gasteiger partial charge on any atom is 0.322 e. The first-order chi connectivity index (χ1) is 12.7. The molecule has 2 aromatic heterocycles. The van der Waals surface area contributed by atoms with Crippen LogP contribution in [0.5, 0.6) is 5.75 Å². The minimum Gasteiger partial charge on any atom is -0.494 e. The van der Waals surface area contributed by atoms with Crippen LogP contribution in [-0.4, -0.2) is 22.7 Å². The number of carbonyl (C=O) groups is 1. The van der Waals surface area contributed by atoms with Crippen molar-refractivity contribution in [3.63, 3.8) is 0 Å². The number of furan rings is 1. The molecule has 7 nitrogen and oxygen atoms in total. The molecule has 4 aromatic rings. The lowest BCUT2D eigenvalue weighted by molar-refractivity contribution is 0.102. The van der Waals surface area contributed by atoms with Gasteiger partial charge in [0.2, 0.25) is 0 Å². The first kappa shape index (κ1) is 15.9. The van der Waals surface area contributed by atoms with Crippen molar-refractivity contribution in [3.05, 3.63) is 60.2 Å². The highest BCUT2D eigenvalue weighted by Gasteiger charge is 2.16. The van der Waals surface area contributed by atoms with E-state index in [1.165, 1.54) is 0 Å². The van der Waals surface area contributed by atoms with Gasteiger partial charge in [0.25, 0.3) is 11.8 Å². The standard InChI is InChI=1S/C19H15N3O4/c1-2-24-14-9-7-12(8-10-14)17(23)20-19-22-21-18(26-19)16-11-13-5-3-4-6-15(13)25-16/h3-11H,2H2,1H3,(H,20,22,23). The van der Waals surface area contributed by atoms with E-state index in [2.05, 4.69) is 15.5 Å². The maximum absolute atomic E-state index is 12.3. The first-order valence-corrected chi connectivity index (χ1v) is 8.09. The normalized spacial score (nSPS) is 10.8. The van der Waals surface area contributed by atoms with Crippen molar-refractivity contribution < 1.29 is 18.4 Å². The van der Waals surface area contributed by atoms with Crippen molar-refractivity contribution in [2.45, 2.75) is 6.92 Å². The number of hydrogen-bond acceptors (Lipinski definition) is 6. The number of amides is 1. The van der Waals surface area contributed by atoms with Crippen molar-refractivity contribution in [2.75, 3.05) is 11.9 Å². The summed E-state index contributed by atoms with van der Waals surface area (Å²) in [7, 11) is 0. The molecule has 26 heavy (non-hydrogen) atoms. The summed E-state index contributed by atoms with van der Waals surface area (Å²) in [4.78, 5) is 12.3. The lowest BCUT2D eigenvalue weighted by Crippen LogP contribution is -2.12. The molecule has 0 aliphatic heterocycles. The number of benzene rings is 2. The molecule has 7 heteroatoms. The smallest absolute Gasteiger partial charge is 0.322 e. The van der Waals surface area contributed by atoms with Crippen LogP contribution in [0.2, 0.25) is 0 Å². The van der Waals surface area contributed by atoms with Crippen molar-refractivity contribution in [2.24, 2.45) is 0 Å². The lowest BCUT2D eigenvalue weighted by atomic mass is 10.2. The van der Waals surface area contributed by atoms with Crippen LogP contribution in [0.3, 0.4) is 0 Å². The third-order valence-corrected chi connectivity index (χ3v) is 3.71. The second-order valence-corrected chi connectivity index (χ2v) is 5.47. The van der Waals surface area contributed by atoms with Gasteiger partial charge in [-0.3, -0.25) is 10.1 Å². The first-order valence-electron chi connectivity index (χ1n) is 8.09. The fourth-order valence-corrected chi connectivity index (χ4v) is 2.50. The van der Waals surface area contributed by atoms with Crippen LogP contribution in [0.15, 0.2) is 63.4 Å². The van der Waals surface area contributed by atoms with E-state index >= 15 is 0 Å². The van der Waals surface area contributed by atoms with Crippen molar-refractivity contribution in [3.8, 4) is 17.4 Å². The van der Waals surface area contributed by atoms with E-state index in [9.17, 15) is 4.79 Å². The summed E-state index contributed by atoms with van der Waals surface area (Å²) in [5, 5.41) is 11.3. The van der Waals surface area contributed by atoms with E-state index in [4.69, 9.17) is 13.6 Å². The largest absolute Gasteiger partial charge is 0.494 e. The van der Waals surface area contributed by atoms with Crippen LogP contribution >= 0.6 is 0 Å². The summed E-state index contributed by atoms with van der Waals surface area (Å²) < 4.78 is 16.5. The third kappa shape index (κ3) is 3.14. The zero-order valence-corrected chi connectivity index (χ0v) is 13.9. The van der Waals surface area contributed by atoms with E-state index in [1.54, 1.807) is 30.3 Å². The summed E-state index contributed by atoms with van der Waals surface area (Å²) in [5.74, 6) is 0.991. The molecular weight excluding hydrogens is 334 g/mol. The predicted octanol–water partition coefficient (Wildman–Crippen LogP) is 4.13. The average molecular weight is 349 g/mol. The highest BCUT2D eigenvalue weighted by molar-refractivity contribution is 6.03. The molecular formula is C19H15N3O4. The quantitative estimate of drug-likeness (QED) is 0.582. The summed E-state index contributed by atoms with van der Waals surface area (Å²) in [5.41, 5.74) is 1.18. The van der Waals surface area contributed by atoms with E-state index < -0.39 is 0 Å². The molecule has 1 N–H and O–H groups in total. The zero-order valence-electron chi connectivity index (χ0n) is 13.9. The highest BCUT2D eigenvalue weighted by atomic mass is 16.5. The summed E-state index contributed by atoms with van der Waals surface area (Å²) in [6, 6.07) is 16.2. The molecule has 4 rings (SSSR count). The Morgan fingerprint density at radius 1 is 1.08 bits per heavy atom. The van der Waals surface area contributed by atoms with Crippen molar-refractivity contribution in [1.82, 2.24) is 10.2 Å². The predicted molar refractivity (Wildman–Crippen MR) is 95.1 cm³/mol. The Labute approximate surface area is 148 Å². The molecule has 130 valence electrons. The van der Waals surface area contributed by atoms with Gasteiger partial charge in [0.1, 0.15) is 11.3 Å². The van der Waals surface area contributed by atoms with Gasteiger partial charge < -0.3 is 13.6 Å². The topological polar surface area (TPSA) is 90.4 Å². The number of anilines is 1. The van der Waals surface area contributed by atoms with Crippen LogP contribution in [0, 0.1) is 0 Å². The number of para-hydroxylation sites is 1. The lowest BCUT2D eigenvalue weighted by Gasteiger charge is -2.04. The second-order valence-electron chi connectivity index (χ2n) is 5.47. The van der Waals surface area contributed by atoms with Crippen LogP contribution < -0.4 is 10.1 Å². The molecule has 0 spiro atoms. The third-order valence-electron chi connectivity index (χ3n) is 3.71. The fourth-order valence-electron chi connectivity index (χ4n) is 2.50. The van der Waals surface area contributed by atoms with Gasteiger partial charge in [-0.25, -0.2) is 0 Å². The number of ether oxygens (including phenoxy) is 1. The molecule has 0 radical (unpaired) electrons. The van der Waals surface area contributed by atoms with Gasteiger partial charge in [-0.2, -0.15) is 0 Å². The number of rotatable bonds is 5. The molecule has 0 aliphatic rings. The van der Waals surface area contributed by atoms with Gasteiger partial charge >= 0.3 is 6.01 Å². The number of nitrogens with one attached hydrogen (secondary N) is 1. The maximum atomic E-state index is 12.3. The van der Waals surface area contributed by atoms with Gasteiger partial charge in [0, 0.05) is 10.9 Å². The fraction of sp³-hybridized carbons (Fsp3) is 0.105. The van der Waals surface area contributed by atoms with Crippen LogP contribution in [0.1, 0.15) is 17.3 Å². The molecule has 0 saturated heterocycles. The van der Waals surface area contributed by atoms with Crippen LogP contribution in [-0.2, 0) is 0 Å². The van der Waals surface area contributed by atoms with E-state index in [0.29, 0.717) is 23.7 Å². The number of carbonyl (C=O) groups excluding carboxylic acids is 1. The molecule has 0 aliphatic carbocycles. The van der Waals surface area contributed by atoms with Gasteiger partial charge in [0.15, 0.2) is 5.76 Å². The second kappa shape index (κ2) is 6.72. The number of nitrogens with zero attached hydrogens (tertiary/aromatic N) is 2. The molecule has 0 bridgehead atoms. The minimum absolute atomic E-state index is 0.000610. The number of aromatic nitrogens is 2. The Morgan fingerprint density at radius 2 is 1.88 bits per heavy atom. The van der Waals surface area contributed by atoms with E-state index in [0.717, 1.165) is 11.0 Å². The Kier molecular flexibility index (Phi) is 4.10. The zero-order chi connectivity index (χ0) is 17.9. The van der Waals surface area contributed by atoms with E-state index in [-0.39, 0.29) is 17.8 Å². The minimum atomic E-state index is -0.354. The van der Waals surface area contributed by atoms with Gasteiger partial charge in [-0.05, 0) is 43.3 Å². The Hall–Kier alpha value is -3.61. The van der Waals surface area contributed by atoms with Gasteiger partial charge in [-0.15, -0.1) is 5.10 Å². The van der Waals surface area contributed by atoms with E-state index in [1.807, 2.05) is 31.2 Å². The van der Waals surface area contributed by atoms with Gasteiger partial charge in [-0.1, -0.05) is 23.3 Å². The average Bonchev–Trinajstić information content (AvgIpc) is 3.29. The SMILES string of the molecule is CCOc1ccc(C(=O)Nc2nnc(-c3cc4ccccc4o3)o2)cc1. The highest BCUT2D eigenvalue weighted by Crippen LogP contribution is 2.27. The molecule has 2 aromatic carbocycles. The number of hydrogen-bond donors (Lipinski definition) is 1. The van der Waals surface area contributed by atoms with Crippen LogP contribution in [0.4, 0.5) is 6.01 Å². The monoisotopic (exact) mass is 349 g/mol. The molecule has 0 fully saturated rings. The summed E-state index contributed by atoms with van der Waals surface area (Å²) in [6.07, 6.45) is 0. The van der Waals surface area contributed by atoms with Crippen molar-refractivity contribution in [1.29, 1.82) is 0 Å². The van der Waals surface area contributed by atoms with Crippen molar-refractivity contribution >= 4 is 22.9 Å². The summed E-state index contributed by atoms with van der Waals surface area (Å²) >= 11 is 0. The molecule has 0 unspecified atom stereocenters. The Morgan fingerprint density at radius 3 is 2.65 bits per heavy atom. The molecule has 0 saturated carbocycles. The Balaban J connectivity index is 1.50. The Bertz CT molecular complexity index is 1020. The molecule has 0 atom stereocenters. The summed E-state index contributed by atoms with van der Waals surface area (Å²) in [6.45, 7) is 2.47. The molecule has 2 heterocycles. The molecule has 1 amide bonds. The van der Waals surface area contributed by atoms with Crippen LogP contribution in [0.25, 0.3) is 22.6 Å². The number of fused-ring (bicyclic) bond motifs is 1. The van der Waals surface area contributed by atoms with Gasteiger partial charge in [0.05, 0.1) is 6.61 Å².